The largest absolute Gasteiger partial charge is 0.350 e. The summed E-state index contributed by atoms with van der Waals surface area (Å²) in [5.41, 5.74) is 5.66. The average Bonchev–Trinajstić information content (AvgIpc) is 2.60. The third kappa shape index (κ3) is 4.45. The minimum atomic E-state index is -0.253. The fourth-order valence-electron chi connectivity index (χ4n) is 2.80. The molecule has 3 aromatic rings. The predicted octanol–water partition coefficient (Wildman–Crippen LogP) is 4.27. The van der Waals surface area contributed by atoms with Crippen molar-refractivity contribution >= 4 is 17.5 Å². The molecule has 5 heteroatoms. The summed E-state index contributed by atoms with van der Waals surface area (Å²) >= 11 is 0. The van der Waals surface area contributed by atoms with Gasteiger partial charge in [-0.1, -0.05) is 30.3 Å². The first kappa shape index (κ1) is 17.6. The minimum Gasteiger partial charge on any atom is -0.350 e. The standard InChI is InChI=1S/C21H22N4O/c1-14-10-15(2)12-18(11-14)24-20(26)19-8-9-22-21(25-19)23-13-17-7-5-4-6-16(17)3/h4-12H,13H2,1-3H3,(H,24,26)(H,22,23,25). The monoisotopic (exact) mass is 346 g/mol. The molecule has 0 atom stereocenters. The van der Waals surface area contributed by atoms with Crippen molar-refractivity contribution in [1.29, 1.82) is 0 Å². The maximum absolute atomic E-state index is 12.5. The van der Waals surface area contributed by atoms with Crippen LogP contribution < -0.4 is 10.6 Å². The minimum absolute atomic E-state index is 0.253. The SMILES string of the molecule is Cc1cc(C)cc(NC(=O)c2ccnc(NCc3ccccc3C)n2)c1. The Morgan fingerprint density at radius 2 is 1.73 bits per heavy atom. The van der Waals surface area contributed by atoms with E-state index < -0.39 is 0 Å². The first-order valence-electron chi connectivity index (χ1n) is 8.52. The van der Waals surface area contributed by atoms with Crippen molar-refractivity contribution in [2.24, 2.45) is 0 Å². The fourth-order valence-corrected chi connectivity index (χ4v) is 2.80. The van der Waals surface area contributed by atoms with Gasteiger partial charge in [-0.15, -0.1) is 0 Å². The van der Waals surface area contributed by atoms with Gasteiger partial charge in [0.15, 0.2) is 0 Å². The molecule has 1 amide bonds. The van der Waals surface area contributed by atoms with Gasteiger partial charge in [-0.3, -0.25) is 4.79 Å². The number of aromatic nitrogens is 2. The second kappa shape index (κ2) is 7.78. The molecule has 3 rings (SSSR count). The molecule has 0 saturated heterocycles. The van der Waals surface area contributed by atoms with E-state index in [2.05, 4.69) is 45.7 Å². The van der Waals surface area contributed by atoms with Crippen molar-refractivity contribution in [2.75, 3.05) is 10.6 Å². The van der Waals surface area contributed by atoms with Crippen LogP contribution in [0.4, 0.5) is 11.6 Å². The molecule has 5 nitrogen and oxygen atoms in total. The molecular weight excluding hydrogens is 324 g/mol. The number of carbonyl (C=O) groups is 1. The molecule has 0 saturated carbocycles. The van der Waals surface area contributed by atoms with Crippen LogP contribution in [0, 0.1) is 20.8 Å². The first-order valence-corrected chi connectivity index (χ1v) is 8.52. The van der Waals surface area contributed by atoms with E-state index in [1.165, 1.54) is 11.1 Å². The highest BCUT2D eigenvalue weighted by molar-refractivity contribution is 6.03. The number of hydrogen-bond donors (Lipinski definition) is 2. The van der Waals surface area contributed by atoms with Crippen LogP contribution in [-0.4, -0.2) is 15.9 Å². The quantitative estimate of drug-likeness (QED) is 0.724. The number of carbonyl (C=O) groups excluding carboxylic acids is 1. The smallest absolute Gasteiger partial charge is 0.274 e. The molecule has 0 unspecified atom stereocenters. The molecule has 0 fully saturated rings. The summed E-state index contributed by atoms with van der Waals surface area (Å²) in [7, 11) is 0. The highest BCUT2D eigenvalue weighted by Crippen LogP contribution is 2.15. The zero-order valence-corrected chi connectivity index (χ0v) is 15.2. The van der Waals surface area contributed by atoms with E-state index in [1.807, 2.05) is 38.1 Å². The Kier molecular flexibility index (Phi) is 5.27. The lowest BCUT2D eigenvalue weighted by molar-refractivity contribution is 0.102. The zero-order chi connectivity index (χ0) is 18.5. The molecule has 1 heterocycles. The lowest BCUT2D eigenvalue weighted by Gasteiger charge is -2.10. The Bertz CT molecular complexity index is 917. The van der Waals surface area contributed by atoms with Crippen LogP contribution in [-0.2, 0) is 6.54 Å². The molecule has 0 aliphatic rings. The average molecular weight is 346 g/mol. The van der Waals surface area contributed by atoms with Crippen molar-refractivity contribution < 1.29 is 4.79 Å². The third-order valence-electron chi connectivity index (χ3n) is 4.07. The van der Waals surface area contributed by atoms with Gasteiger partial charge in [-0.25, -0.2) is 9.97 Å². The molecule has 0 radical (unpaired) electrons. The zero-order valence-electron chi connectivity index (χ0n) is 15.2. The first-order chi connectivity index (χ1) is 12.5. The van der Waals surface area contributed by atoms with Gasteiger partial charge < -0.3 is 10.6 Å². The van der Waals surface area contributed by atoms with Crippen molar-refractivity contribution in [2.45, 2.75) is 27.3 Å². The van der Waals surface area contributed by atoms with E-state index in [1.54, 1.807) is 12.3 Å². The van der Waals surface area contributed by atoms with E-state index in [-0.39, 0.29) is 5.91 Å². The maximum Gasteiger partial charge on any atom is 0.274 e. The van der Waals surface area contributed by atoms with Gasteiger partial charge in [-0.05, 0) is 61.2 Å². The van der Waals surface area contributed by atoms with Crippen LogP contribution in [0.3, 0.4) is 0 Å². The summed E-state index contributed by atoms with van der Waals surface area (Å²) < 4.78 is 0. The number of nitrogens with zero attached hydrogens (tertiary/aromatic N) is 2. The van der Waals surface area contributed by atoms with Crippen LogP contribution in [0.25, 0.3) is 0 Å². The van der Waals surface area contributed by atoms with Gasteiger partial charge in [0.2, 0.25) is 5.95 Å². The Hall–Kier alpha value is -3.21. The summed E-state index contributed by atoms with van der Waals surface area (Å²) in [6, 6.07) is 15.7. The lowest BCUT2D eigenvalue weighted by atomic mass is 10.1. The Balaban J connectivity index is 1.70. The van der Waals surface area contributed by atoms with Crippen LogP contribution in [0.2, 0.25) is 0 Å². The number of benzene rings is 2. The second-order valence-electron chi connectivity index (χ2n) is 6.38. The highest BCUT2D eigenvalue weighted by Gasteiger charge is 2.10. The van der Waals surface area contributed by atoms with E-state index >= 15 is 0 Å². The van der Waals surface area contributed by atoms with Crippen molar-refractivity contribution in [3.05, 3.63) is 82.7 Å². The summed E-state index contributed by atoms with van der Waals surface area (Å²) in [4.78, 5) is 21.0. The number of amides is 1. The number of hydrogen-bond acceptors (Lipinski definition) is 4. The van der Waals surface area contributed by atoms with E-state index in [9.17, 15) is 4.79 Å². The summed E-state index contributed by atoms with van der Waals surface area (Å²) in [6.45, 7) is 6.67. The van der Waals surface area contributed by atoms with Gasteiger partial charge >= 0.3 is 0 Å². The molecule has 2 aromatic carbocycles. The molecule has 0 aliphatic carbocycles. The molecule has 1 aromatic heterocycles. The molecule has 0 spiro atoms. The highest BCUT2D eigenvalue weighted by atomic mass is 16.1. The summed E-state index contributed by atoms with van der Waals surface area (Å²) in [6.07, 6.45) is 1.59. The second-order valence-corrected chi connectivity index (χ2v) is 6.38. The number of nitrogens with one attached hydrogen (secondary N) is 2. The maximum atomic E-state index is 12.5. The molecule has 132 valence electrons. The Morgan fingerprint density at radius 3 is 2.46 bits per heavy atom. The Labute approximate surface area is 153 Å². The summed E-state index contributed by atoms with van der Waals surface area (Å²) in [5.74, 6) is 0.178. The van der Waals surface area contributed by atoms with E-state index in [0.29, 0.717) is 18.2 Å². The molecule has 0 aliphatic heterocycles. The summed E-state index contributed by atoms with van der Waals surface area (Å²) in [5, 5.41) is 6.07. The van der Waals surface area contributed by atoms with Gasteiger partial charge in [0.25, 0.3) is 5.91 Å². The lowest BCUT2D eigenvalue weighted by Crippen LogP contribution is -2.15. The van der Waals surface area contributed by atoms with E-state index in [0.717, 1.165) is 16.8 Å². The number of anilines is 2. The predicted molar refractivity (Wildman–Crippen MR) is 104 cm³/mol. The van der Waals surface area contributed by atoms with Crippen LogP contribution in [0.1, 0.15) is 32.7 Å². The molecule has 2 N–H and O–H groups in total. The van der Waals surface area contributed by atoms with Gasteiger partial charge in [0.1, 0.15) is 5.69 Å². The van der Waals surface area contributed by atoms with Gasteiger partial charge in [0.05, 0.1) is 0 Å². The van der Waals surface area contributed by atoms with Gasteiger partial charge in [0, 0.05) is 18.4 Å². The number of aryl methyl sites for hydroxylation is 3. The third-order valence-corrected chi connectivity index (χ3v) is 4.07. The molecule has 0 bridgehead atoms. The normalized spacial score (nSPS) is 10.4. The van der Waals surface area contributed by atoms with E-state index in [4.69, 9.17) is 0 Å². The van der Waals surface area contributed by atoms with Crippen molar-refractivity contribution in [3.8, 4) is 0 Å². The van der Waals surface area contributed by atoms with Crippen LogP contribution in [0.5, 0.6) is 0 Å². The molecular formula is C21H22N4O. The number of rotatable bonds is 5. The molecule has 26 heavy (non-hydrogen) atoms. The van der Waals surface area contributed by atoms with Gasteiger partial charge in [-0.2, -0.15) is 0 Å². The Morgan fingerprint density at radius 1 is 1.00 bits per heavy atom. The topological polar surface area (TPSA) is 66.9 Å². The van der Waals surface area contributed by atoms with Crippen molar-refractivity contribution in [1.82, 2.24) is 9.97 Å². The van der Waals surface area contributed by atoms with Crippen LogP contribution in [0.15, 0.2) is 54.7 Å². The van der Waals surface area contributed by atoms with Crippen molar-refractivity contribution in [3.63, 3.8) is 0 Å². The van der Waals surface area contributed by atoms with Crippen LogP contribution >= 0.6 is 0 Å². The fraction of sp³-hybridized carbons (Fsp3) is 0.190.